The molecule has 0 aromatic carbocycles. The first kappa shape index (κ1) is 12.0. The lowest BCUT2D eigenvalue weighted by molar-refractivity contribution is 0.258. The zero-order chi connectivity index (χ0) is 10.4. The molecule has 1 aliphatic heterocycles. The van der Waals surface area contributed by atoms with E-state index in [4.69, 9.17) is 0 Å². The minimum absolute atomic E-state index is 0.881. The van der Waals surface area contributed by atoms with Crippen molar-refractivity contribution in [3.05, 3.63) is 0 Å². The Morgan fingerprint density at radius 3 is 2.93 bits per heavy atom. The summed E-state index contributed by atoms with van der Waals surface area (Å²) < 4.78 is 0. The number of nitrogens with one attached hydrogen (secondary N) is 1. The fourth-order valence-electron chi connectivity index (χ4n) is 2.04. The zero-order valence-corrected chi connectivity index (χ0v) is 9.92. The molecule has 0 aliphatic carbocycles. The molecule has 84 valence electrons. The van der Waals surface area contributed by atoms with E-state index in [0.29, 0.717) is 0 Å². The van der Waals surface area contributed by atoms with Gasteiger partial charge in [0.2, 0.25) is 0 Å². The quantitative estimate of drug-likeness (QED) is 0.671. The van der Waals surface area contributed by atoms with Crippen molar-refractivity contribution in [3.8, 4) is 0 Å². The summed E-state index contributed by atoms with van der Waals surface area (Å²) in [5, 5.41) is 3.27. The maximum Gasteiger partial charge on any atom is 0.0109 e. The Morgan fingerprint density at radius 1 is 1.50 bits per heavy atom. The monoisotopic (exact) mass is 199 g/mol. The van der Waals surface area contributed by atoms with E-state index in [0.717, 1.165) is 12.5 Å². The number of likely N-dealkylation sites (N-methyl/N-ethyl adjacent to an activating group) is 1. The van der Waals surface area contributed by atoms with Crippen LogP contribution in [0.25, 0.3) is 0 Å². The summed E-state index contributed by atoms with van der Waals surface area (Å²) in [5.74, 6) is 0.881. The maximum absolute atomic E-state index is 3.27. The molecule has 1 atom stereocenters. The van der Waals surface area contributed by atoms with Gasteiger partial charge in [-0.15, -0.1) is 0 Å². The molecule has 0 spiro atoms. The van der Waals surface area contributed by atoms with E-state index >= 15 is 0 Å². The lowest BCUT2D eigenvalue weighted by atomic mass is 10.1. The fourth-order valence-corrected chi connectivity index (χ4v) is 2.04. The van der Waals surface area contributed by atoms with Crippen LogP contribution in [0.1, 0.15) is 13.3 Å². The van der Waals surface area contributed by atoms with E-state index in [2.05, 4.69) is 29.1 Å². The van der Waals surface area contributed by atoms with Crippen LogP contribution in [0.4, 0.5) is 0 Å². The SMILES string of the molecule is CCN(C)CCN1CCC(CNC)C1. The second-order valence-electron chi connectivity index (χ2n) is 4.41. The molecule has 0 aromatic heterocycles. The second kappa shape index (κ2) is 6.38. The summed E-state index contributed by atoms with van der Waals surface area (Å²) in [5.41, 5.74) is 0. The van der Waals surface area contributed by atoms with Crippen LogP contribution in [0.3, 0.4) is 0 Å². The molecular formula is C11H25N3. The van der Waals surface area contributed by atoms with Gasteiger partial charge in [-0.1, -0.05) is 6.92 Å². The highest BCUT2D eigenvalue weighted by Crippen LogP contribution is 2.14. The predicted molar refractivity (Wildman–Crippen MR) is 61.6 cm³/mol. The second-order valence-corrected chi connectivity index (χ2v) is 4.41. The molecule has 3 heteroatoms. The topological polar surface area (TPSA) is 18.5 Å². The summed E-state index contributed by atoms with van der Waals surface area (Å²) in [7, 11) is 4.24. The minimum atomic E-state index is 0.881. The van der Waals surface area contributed by atoms with Crippen LogP contribution < -0.4 is 5.32 Å². The standard InChI is InChI=1S/C11H25N3/c1-4-13(3)7-8-14-6-5-11(10-14)9-12-2/h11-12H,4-10H2,1-3H3. The molecule has 1 rings (SSSR count). The van der Waals surface area contributed by atoms with Crippen molar-refractivity contribution in [3.63, 3.8) is 0 Å². The van der Waals surface area contributed by atoms with Crippen LogP contribution in [0.2, 0.25) is 0 Å². The van der Waals surface area contributed by atoms with Gasteiger partial charge in [-0.25, -0.2) is 0 Å². The van der Waals surface area contributed by atoms with Crippen molar-refractivity contribution in [1.29, 1.82) is 0 Å². The number of rotatable bonds is 6. The van der Waals surface area contributed by atoms with Gasteiger partial charge in [0.25, 0.3) is 0 Å². The molecule has 1 unspecified atom stereocenters. The molecule has 0 aromatic rings. The molecule has 1 aliphatic rings. The lowest BCUT2D eigenvalue weighted by Crippen LogP contribution is -2.32. The molecular weight excluding hydrogens is 174 g/mol. The molecule has 1 saturated heterocycles. The fraction of sp³-hybridized carbons (Fsp3) is 1.00. The largest absolute Gasteiger partial charge is 0.319 e. The summed E-state index contributed by atoms with van der Waals surface area (Å²) in [4.78, 5) is 4.97. The highest BCUT2D eigenvalue weighted by molar-refractivity contribution is 4.76. The highest BCUT2D eigenvalue weighted by Gasteiger charge is 2.21. The summed E-state index contributed by atoms with van der Waals surface area (Å²) >= 11 is 0. The number of hydrogen-bond acceptors (Lipinski definition) is 3. The minimum Gasteiger partial charge on any atom is -0.319 e. The van der Waals surface area contributed by atoms with Crippen LogP contribution in [-0.4, -0.2) is 63.2 Å². The Labute approximate surface area is 88.5 Å². The van der Waals surface area contributed by atoms with Crippen molar-refractivity contribution >= 4 is 0 Å². The van der Waals surface area contributed by atoms with Crippen molar-refractivity contribution in [1.82, 2.24) is 15.1 Å². The van der Waals surface area contributed by atoms with Crippen molar-refractivity contribution < 1.29 is 0 Å². The van der Waals surface area contributed by atoms with Gasteiger partial charge in [0.15, 0.2) is 0 Å². The lowest BCUT2D eigenvalue weighted by Gasteiger charge is -2.20. The average molecular weight is 199 g/mol. The van der Waals surface area contributed by atoms with Crippen LogP contribution in [0.15, 0.2) is 0 Å². The van der Waals surface area contributed by atoms with Gasteiger partial charge in [0, 0.05) is 19.6 Å². The first-order chi connectivity index (χ1) is 6.76. The molecule has 1 heterocycles. The van der Waals surface area contributed by atoms with Crippen molar-refractivity contribution in [2.75, 3.05) is 53.4 Å². The summed E-state index contributed by atoms with van der Waals surface area (Å²) in [6.07, 6.45) is 1.37. The highest BCUT2D eigenvalue weighted by atomic mass is 15.2. The molecule has 0 bridgehead atoms. The Balaban J connectivity index is 2.09. The van der Waals surface area contributed by atoms with Gasteiger partial charge in [-0.2, -0.15) is 0 Å². The Bertz CT molecular complexity index is 149. The average Bonchev–Trinajstić information content (AvgIpc) is 2.63. The van der Waals surface area contributed by atoms with E-state index in [9.17, 15) is 0 Å². The van der Waals surface area contributed by atoms with Gasteiger partial charge < -0.3 is 15.1 Å². The van der Waals surface area contributed by atoms with E-state index in [1.807, 2.05) is 7.05 Å². The third kappa shape index (κ3) is 3.95. The van der Waals surface area contributed by atoms with Crippen molar-refractivity contribution in [2.45, 2.75) is 13.3 Å². The van der Waals surface area contributed by atoms with Crippen LogP contribution in [-0.2, 0) is 0 Å². The zero-order valence-electron chi connectivity index (χ0n) is 9.92. The van der Waals surface area contributed by atoms with E-state index < -0.39 is 0 Å². The number of hydrogen-bond donors (Lipinski definition) is 1. The van der Waals surface area contributed by atoms with E-state index in [1.165, 1.54) is 39.1 Å². The predicted octanol–water partition coefficient (Wildman–Crippen LogP) is 0.479. The van der Waals surface area contributed by atoms with Crippen LogP contribution in [0.5, 0.6) is 0 Å². The molecule has 1 N–H and O–H groups in total. The molecule has 0 radical (unpaired) electrons. The third-order valence-corrected chi connectivity index (χ3v) is 3.20. The summed E-state index contributed by atoms with van der Waals surface area (Å²) in [6.45, 7) is 9.59. The Hall–Kier alpha value is -0.120. The molecule has 14 heavy (non-hydrogen) atoms. The van der Waals surface area contributed by atoms with Crippen LogP contribution in [0, 0.1) is 5.92 Å². The van der Waals surface area contributed by atoms with Gasteiger partial charge in [-0.3, -0.25) is 0 Å². The first-order valence-corrected chi connectivity index (χ1v) is 5.81. The molecule has 0 amide bonds. The van der Waals surface area contributed by atoms with Gasteiger partial charge in [-0.05, 0) is 46.1 Å². The Morgan fingerprint density at radius 2 is 2.29 bits per heavy atom. The van der Waals surface area contributed by atoms with E-state index in [1.54, 1.807) is 0 Å². The maximum atomic E-state index is 3.27. The van der Waals surface area contributed by atoms with Crippen LogP contribution >= 0.6 is 0 Å². The normalized spacial score (nSPS) is 23.6. The first-order valence-electron chi connectivity index (χ1n) is 5.81. The van der Waals surface area contributed by atoms with Gasteiger partial charge >= 0.3 is 0 Å². The summed E-state index contributed by atoms with van der Waals surface area (Å²) in [6, 6.07) is 0. The molecule has 0 saturated carbocycles. The third-order valence-electron chi connectivity index (χ3n) is 3.20. The number of nitrogens with zero attached hydrogens (tertiary/aromatic N) is 2. The Kier molecular flexibility index (Phi) is 5.45. The van der Waals surface area contributed by atoms with Crippen molar-refractivity contribution in [2.24, 2.45) is 5.92 Å². The smallest absolute Gasteiger partial charge is 0.0109 e. The molecule has 1 fully saturated rings. The van der Waals surface area contributed by atoms with Gasteiger partial charge in [0.05, 0.1) is 0 Å². The van der Waals surface area contributed by atoms with E-state index in [-0.39, 0.29) is 0 Å². The van der Waals surface area contributed by atoms with Gasteiger partial charge in [0.1, 0.15) is 0 Å². The molecule has 3 nitrogen and oxygen atoms in total. The number of likely N-dealkylation sites (tertiary alicyclic amines) is 1.